The standard InChI is InChI=1S/C20H26N4O.ClH/c1-15(16-6-8-18(9-7-16)24-12-4-11-22-24)23-19(25)20-10-3-2-5-17(20)13-21-14-20;/h4,6-9,11-12,15,17,21H,2-3,5,10,13-14H2,1H3,(H,23,25);1H/t15?,17-,20+;/m0./s1. The van der Waals surface area contributed by atoms with Gasteiger partial charge in [0.25, 0.3) is 0 Å². The fourth-order valence-corrected chi connectivity index (χ4v) is 4.45. The van der Waals surface area contributed by atoms with Crippen LogP contribution in [0.1, 0.15) is 44.2 Å². The molecule has 0 spiro atoms. The van der Waals surface area contributed by atoms with Gasteiger partial charge in [-0.2, -0.15) is 5.10 Å². The second kappa shape index (κ2) is 7.80. The number of benzene rings is 1. The molecule has 2 aliphatic rings. The van der Waals surface area contributed by atoms with Gasteiger partial charge in [-0.15, -0.1) is 12.4 Å². The first-order valence-electron chi connectivity index (χ1n) is 9.31. The van der Waals surface area contributed by atoms with E-state index in [1.807, 2.05) is 29.1 Å². The summed E-state index contributed by atoms with van der Waals surface area (Å²) < 4.78 is 1.84. The van der Waals surface area contributed by atoms with Crippen molar-refractivity contribution in [3.05, 3.63) is 48.3 Å². The normalized spacial score (nSPS) is 25.8. The Morgan fingerprint density at radius 2 is 2.15 bits per heavy atom. The van der Waals surface area contributed by atoms with Crippen LogP contribution in [0.3, 0.4) is 0 Å². The lowest BCUT2D eigenvalue weighted by molar-refractivity contribution is -0.134. The van der Waals surface area contributed by atoms with Gasteiger partial charge in [0, 0.05) is 18.9 Å². The van der Waals surface area contributed by atoms with Crippen LogP contribution in [-0.4, -0.2) is 28.8 Å². The van der Waals surface area contributed by atoms with Crippen LogP contribution in [0, 0.1) is 11.3 Å². The zero-order chi connectivity index (χ0) is 17.3. The number of nitrogens with zero attached hydrogens (tertiary/aromatic N) is 2. The fraction of sp³-hybridized carbons (Fsp3) is 0.500. The Morgan fingerprint density at radius 1 is 1.35 bits per heavy atom. The van der Waals surface area contributed by atoms with Crippen LogP contribution in [0.5, 0.6) is 0 Å². The first-order chi connectivity index (χ1) is 12.2. The molecule has 2 N–H and O–H groups in total. The van der Waals surface area contributed by atoms with Gasteiger partial charge in [0.15, 0.2) is 0 Å². The van der Waals surface area contributed by atoms with Crippen molar-refractivity contribution in [2.45, 2.75) is 38.6 Å². The molecule has 5 nitrogen and oxygen atoms in total. The van der Waals surface area contributed by atoms with Gasteiger partial charge < -0.3 is 10.6 Å². The molecule has 1 saturated heterocycles. The molecule has 2 heterocycles. The minimum absolute atomic E-state index is 0. The van der Waals surface area contributed by atoms with Crippen molar-refractivity contribution >= 4 is 18.3 Å². The summed E-state index contributed by atoms with van der Waals surface area (Å²) in [4.78, 5) is 13.1. The van der Waals surface area contributed by atoms with E-state index >= 15 is 0 Å². The molecule has 1 amide bonds. The number of hydrogen-bond donors (Lipinski definition) is 2. The molecule has 1 unspecified atom stereocenters. The van der Waals surface area contributed by atoms with Gasteiger partial charge in [-0.1, -0.05) is 25.0 Å². The molecule has 0 radical (unpaired) electrons. The van der Waals surface area contributed by atoms with Crippen LogP contribution in [0.2, 0.25) is 0 Å². The fourth-order valence-electron chi connectivity index (χ4n) is 4.45. The Hall–Kier alpha value is -1.85. The zero-order valence-corrected chi connectivity index (χ0v) is 16.0. The Kier molecular flexibility index (Phi) is 5.68. The predicted octanol–water partition coefficient (Wildman–Crippen LogP) is 3.25. The van der Waals surface area contributed by atoms with Crippen LogP contribution in [0.15, 0.2) is 42.7 Å². The van der Waals surface area contributed by atoms with Gasteiger partial charge in [-0.25, -0.2) is 4.68 Å². The highest BCUT2D eigenvalue weighted by Gasteiger charge is 2.49. The number of carbonyl (C=O) groups is 1. The third-order valence-electron chi connectivity index (χ3n) is 6.00. The molecule has 1 aliphatic heterocycles. The zero-order valence-electron chi connectivity index (χ0n) is 15.1. The van der Waals surface area contributed by atoms with E-state index in [9.17, 15) is 4.79 Å². The van der Waals surface area contributed by atoms with Crippen molar-refractivity contribution in [2.75, 3.05) is 13.1 Å². The van der Waals surface area contributed by atoms with Gasteiger partial charge in [0.2, 0.25) is 5.91 Å². The van der Waals surface area contributed by atoms with Crippen molar-refractivity contribution < 1.29 is 4.79 Å². The number of halogens is 1. The highest BCUT2D eigenvalue weighted by atomic mass is 35.5. The molecular weight excluding hydrogens is 348 g/mol. The van der Waals surface area contributed by atoms with Gasteiger partial charge in [0.1, 0.15) is 0 Å². The number of nitrogens with one attached hydrogen (secondary N) is 2. The maximum absolute atomic E-state index is 13.1. The number of hydrogen-bond acceptors (Lipinski definition) is 3. The first kappa shape index (κ1) is 18.9. The average molecular weight is 375 g/mol. The highest BCUT2D eigenvalue weighted by molar-refractivity contribution is 5.85. The molecule has 140 valence electrons. The second-order valence-corrected chi connectivity index (χ2v) is 7.47. The number of aromatic nitrogens is 2. The van der Waals surface area contributed by atoms with Crippen LogP contribution >= 0.6 is 12.4 Å². The molecule has 26 heavy (non-hydrogen) atoms. The molecule has 6 heteroatoms. The molecule has 3 atom stereocenters. The van der Waals surface area contributed by atoms with Crippen LogP contribution in [-0.2, 0) is 4.79 Å². The molecule has 2 aromatic rings. The molecule has 4 rings (SSSR count). The van der Waals surface area contributed by atoms with Crippen LogP contribution in [0.25, 0.3) is 5.69 Å². The lowest BCUT2D eigenvalue weighted by Gasteiger charge is -2.38. The first-order valence-corrected chi connectivity index (χ1v) is 9.31. The van der Waals surface area contributed by atoms with E-state index in [1.165, 1.54) is 19.3 Å². The molecule has 1 aromatic heterocycles. The molecule has 1 saturated carbocycles. The molecular formula is C20H27ClN4O. The topological polar surface area (TPSA) is 59.0 Å². The number of carbonyl (C=O) groups excluding carboxylic acids is 1. The van der Waals surface area contributed by atoms with E-state index in [1.54, 1.807) is 6.20 Å². The lowest BCUT2D eigenvalue weighted by Crippen LogP contribution is -2.48. The maximum Gasteiger partial charge on any atom is 0.228 e. The molecule has 0 bridgehead atoms. The Balaban J connectivity index is 0.00000196. The predicted molar refractivity (Wildman–Crippen MR) is 105 cm³/mol. The third kappa shape index (κ3) is 3.38. The minimum Gasteiger partial charge on any atom is -0.349 e. The Bertz CT molecular complexity index is 731. The van der Waals surface area contributed by atoms with Crippen molar-refractivity contribution in [1.29, 1.82) is 0 Å². The van der Waals surface area contributed by atoms with Crippen molar-refractivity contribution in [3.8, 4) is 5.69 Å². The maximum atomic E-state index is 13.1. The van der Waals surface area contributed by atoms with Crippen molar-refractivity contribution in [3.63, 3.8) is 0 Å². The number of amides is 1. The summed E-state index contributed by atoms with van der Waals surface area (Å²) in [6.07, 6.45) is 8.31. The SMILES string of the molecule is CC(NC(=O)[C@@]12CCCC[C@H]1CNC2)c1ccc(-n2cccn2)cc1.Cl. The smallest absolute Gasteiger partial charge is 0.228 e. The molecule has 2 fully saturated rings. The average Bonchev–Trinajstić information content (AvgIpc) is 3.32. The van der Waals surface area contributed by atoms with E-state index in [0.717, 1.165) is 30.8 Å². The molecule has 1 aromatic carbocycles. The Morgan fingerprint density at radius 3 is 2.88 bits per heavy atom. The van der Waals surface area contributed by atoms with Gasteiger partial charge in [-0.05, 0) is 56.0 Å². The summed E-state index contributed by atoms with van der Waals surface area (Å²) >= 11 is 0. The van der Waals surface area contributed by atoms with Crippen LogP contribution < -0.4 is 10.6 Å². The molecule has 1 aliphatic carbocycles. The largest absolute Gasteiger partial charge is 0.349 e. The summed E-state index contributed by atoms with van der Waals surface area (Å²) in [5.41, 5.74) is 1.96. The highest BCUT2D eigenvalue weighted by Crippen LogP contribution is 2.44. The monoisotopic (exact) mass is 374 g/mol. The minimum atomic E-state index is -0.193. The quantitative estimate of drug-likeness (QED) is 0.863. The summed E-state index contributed by atoms with van der Waals surface area (Å²) in [5, 5.41) is 11.0. The number of fused-ring (bicyclic) bond motifs is 1. The van der Waals surface area contributed by atoms with Gasteiger partial charge in [0.05, 0.1) is 17.1 Å². The van der Waals surface area contributed by atoms with Crippen molar-refractivity contribution in [1.82, 2.24) is 20.4 Å². The van der Waals surface area contributed by atoms with Gasteiger partial charge >= 0.3 is 0 Å². The van der Waals surface area contributed by atoms with Crippen LogP contribution in [0.4, 0.5) is 0 Å². The van der Waals surface area contributed by atoms with E-state index in [0.29, 0.717) is 5.92 Å². The lowest BCUT2D eigenvalue weighted by atomic mass is 9.67. The number of rotatable bonds is 4. The Labute approximate surface area is 161 Å². The van der Waals surface area contributed by atoms with Gasteiger partial charge in [-0.3, -0.25) is 4.79 Å². The van der Waals surface area contributed by atoms with E-state index in [4.69, 9.17) is 0 Å². The van der Waals surface area contributed by atoms with E-state index in [2.05, 4.69) is 34.8 Å². The summed E-state index contributed by atoms with van der Waals surface area (Å²) in [7, 11) is 0. The second-order valence-electron chi connectivity index (χ2n) is 7.47. The summed E-state index contributed by atoms with van der Waals surface area (Å²) in [6.45, 7) is 3.88. The van der Waals surface area contributed by atoms with E-state index < -0.39 is 0 Å². The van der Waals surface area contributed by atoms with E-state index in [-0.39, 0.29) is 29.8 Å². The summed E-state index contributed by atoms with van der Waals surface area (Å²) in [6, 6.07) is 10.2. The third-order valence-corrected chi connectivity index (χ3v) is 6.00. The van der Waals surface area contributed by atoms with Crippen molar-refractivity contribution in [2.24, 2.45) is 11.3 Å². The summed E-state index contributed by atoms with van der Waals surface area (Å²) in [5.74, 6) is 0.724.